The van der Waals surface area contributed by atoms with E-state index in [1.807, 2.05) is 51.2 Å². The summed E-state index contributed by atoms with van der Waals surface area (Å²) in [6.07, 6.45) is 3.36. The van der Waals surface area contributed by atoms with Crippen LogP contribution in [-0.4, -0.2) is 40.2 Å². The highest BCUT2D eigenvalue weighted by molar-refractivity contribution is 5.69. The highest BCUT2D eigenvalue weighted by Crippen LogP contribution is 2.33. The number of H-pyrrole nitrogens is 1. The van der Waals surface area contributed by atoms with Crippen LogP contribution in [0.15, 0.2) is 30.5 Å². The summed E-state index contributed by atoms with van der Waals surface area (Å²) in [7, 11) is 1.65. The number of nitrogens with zero attached hydrogens (tertiary/aromatic N) is 2. The standard InChI is InChI=1S/C19H25N3O3/c1-19(2,3)25-18(23)22-11-5-6-16(22)17-20-12-15(21-17)13-7-9-14(24-4)10-8-13/h7-10,12,16H,5-6,11H2,1-4H3,(H,20,21)/t16-/m0/s1. The Morgan fingerprint density at radius 2 is 2.00 bits per heavy atom. The van der Waals surface area contributed by atoms with Gasteiger partial charge in [0.1, 0.15) is 17.2 Å². The molecule has 1 aromatic heterocycles. The molecule has 0 saturated carbocycles. The van der Waals surface area contributed by atoms with E-state index in [0.717, 1.165) is 35.7 Å². The summed E-state index contributed by atoms with van der Waals surface area (Å²) in [5.41, 5.74) is 1.46. The van der Waals surface area contributed by atoms with Crippen molar-refractivity contribution in [1.82, 2.24) is 14.9 Å². The molecule has 1 N–H and O–H groups in total. The van der Waals surface area contributed by atoms with Gasteiger partial charge in [-0.25, -0.2) is 9.78 Å². The molecule has 2 aromatic rings. The zero-order valence-corrected chi connectivity index (χ0v) is 15.2. The maximum atomic E-state index is 12.4. The summed E-state index contributed by atoms with van der Waals surface area (Å²) < 4.78 is 10.7. The van der Waals surface area contributed by atoms with Crippen molar-refractivity contribution in [3.05, 3.63) is 36.3 Å². The molecular weight excluding hydrogens is 318 g/mol. The zero-order valence-electron chi connectivity index (χ0n) is 15.2. The molecule has 25 heavy (non-hydrogen) atoms. The summed E-state index contributed by atoms with van der Waals surface area (Å²) in [5, 5.41) is 0. The molecule has 1 aliphatic heterocycles. The average molecular weight is 343 g/mol. The number of benzene rings is 1. The van der Waals surface area contributed by atoms with Gasteiger partial charge in [0.05, 0.1) is 25.0 Å². The molecule has 1 atom stereocenters. The highest BCUT2D eigenvalue weighted by atomic mass is 16.6. The van der Waals surface area contributed by atoms with Crippen LogP contribution in [0.2, 0.25) is 0 Å². The monoisotopic (exact) mass is 343 g/mol. The molecule has 1 amide bonds. The van der Waals surface area contributed by atoms with E-state index in [1.165, 1.54) is 0 Å². The first-order valence-corrected chi connectivity index (χ1v) is 8.56. The number of hydrogen-bond donors (Lipinski definition) is 1. The van der Waals surface area contributed by atoms with E-state index >= 15 is 0 Å². The van der Waals surface area contributed by atoms with Crippen LogP contribution >= 0.6 is 0 Å². The van der Waals surface area contributed by atoms with Gasteiger partial charge in [0.25, 0.3) is 0 Å². The van der Waals surface area contributed by atoms with Crippen molar-refractivity contribution in [3.63, 3.8) is 0 Å². The predicted molar refractivity (Wildman–Crippen MR) is 95.5 cm³/mol. The van der Waals surface area contributed by atoms with Crippen molar-refractivity contribution in [1.29, 1.82) is 0 Å². The van der Waals surface area contributed by atoms with Crippen molar-refractivity contribution in [2.45, 2.75) is 45.3 Å². The number of imidazole rings is 1. The minimum absolute atomic E-state index is 0.0677. The Morgan fingerprint density at radius 1 is 1.28 bits per heavy atom. The number of nitrogens with one attached hydrogen (secondary N) is 1. The Bertz CT molecular complexity index is 731. The lowest BCUT2D eigenvalue weighted by molar-refractivity contribution is 0.0219. The lowest BCUT2D eigenvalue weighted by atomic mass is 10.1. The molecule has 0 aliphatic carbocycles. The van der Waals surface area contributed by atoms with E-state index in [4.69, 9.17) is 9.47 Å². The topological polar surface area (TPSA) is 67.4 Å². The Hall–Kier alpha value is -2.50. The lowest BCUT2D eigenvalue weighted by Crippen LogP contribution is -2.36. The van der Waals surface area contributed by atoms with Crippen molar-refractivity contribution in [2.24, 2.45) is 0 Å². The van der Waals surface area contributed by atoms with Gasteiger partial charge in [-0.2, -0.15) is 0 Å². The fourth-order valence-electron chi connectivity index (χ4n) is 3.01. The first-order valence-electron chi connectivity index (χ1n) is 8.56. The smallest absolute Gasteiger partial charge is 0.410 e. The number of carbonyl (C=O) groups excluding carboxylic acids is 1. The van der Waals surface area contributed by atoms with Crippen LogP contribution in [-0.2, 0) is 4.74 Å². The number of amides is 1. The predicted octanol–water partition coefficient (Wildman–Crippen LogP) is 4.16. The van der Waals surface area contributed by atoms with Crippen molar-refractivity contribution < 1.29 is 14.3 Å². The summed E-state index contributed by atoms with van der Waals surface area (Å²) in [4.78, 5) is 22.1. The summed E-state index contributed by atoms with van der Waals surface area (Å²) in [6.45, 7) is 6.33. The van der Waals surface area contributed by atoms with Crippen LogP contribution in [0.25, 0.3) is 11.3 Å². The number of hydrogen-bond acceptors (Lipinski definition) is 4. The van der Waals surface area contributed by atoms with Gasteiger partial charge in [0.15, 0.2) is 0 Å². The van der Waals surface area contributed by atoms with E-state index in [0.29, 0.717) is 6.54 Å². The van der Waals surface area contributed by atoms with Gasteiger partial charge in [-0.3, -0.25) is 4.90 Å². The number of aromatic nitrogens is 2. The van der Waals surface area contributed by atoms with Gasteiger partial charge >= 0.3 is 6.09 Å². The quantitative estimate of drug-likeness (QED) is 0.909. The van der Waals surface area contributed by atoms with E-state index in [1.54, 1.807) is 12.0 Å². The highest BCUT2D eigenvalue weighted by Gasteiger charge is 2.34. The number of likely N-dealkylation sites (tertiary alicyclic amines) is 1. The first-order chi connectivity index (χ1) is 11.9. The van der Waals surface area contributed by atoms with E-state index in [2.05, 4.69) is 9.97 Å². The molecule has 1 aliphatic rings. The maximum absolute atomic E-state index is 12.4. The fraction of sp³-hybridized carbons (Fsp3) is 0.474. The van der Waals surface area contributed by atoms with Crippen molar-refractivity contribution in [3.8, 4) is 17.0 Å². The second kappa shape index (κ2) is 6.78. The third-order valence-corrected chi connectivity index (χ3v) is 4.19. The minimum Gasteiger partial charge on any atom is -0.497 e. The molecule has 0 unspecified atom stereocenters. The molecule has 0 spiro atoms. The van der Waals surface area contributed by atoms with Crippen molar-refractivity contribution in [2.75, 3.05) is 13.7 Å². The van der Waals surface area contributed by atoms with Gasteiger partial charge in [-0.15, -0.1) is 0 Å². The van der Waals surface area contributed by atoms with E-state index in [-0.39, 0.29) is 12.1 Å². The average Bonchev–Trinajstić information content (AvgIpc) is 3.22. The summed E-state index contributed by atoms with van der Waals surface area (Å²) >= 11 is 0. The molecule has 134 valence electrons. The number of aromatic amines is 1. The molecule has 0 radical (unpaired) electrons. The normalized spacial score (nSPS) is 17.6. The molecule has 1 aromatic carbocycles. The number of ether oxygens (including phenoxy) is 2. The third kappa shape index (κ3) is 3.95. The molecule has 0 bridgehead atoms. The van der Waals surface area contributed by atoms with Crippen LogP contribution < -0.4 is 4.74 Å². The van der Waals surface area contributed by atoms with E-state index in [9.17, 15) is 4.79 Å². The molecule has 1 saturated heterocycles. The third-order valence-electron chi connectivity index (χ3n) is 4.19. The maximum Gasteiger partial charge on any atom is 0.410 e. The Labute approximate surface area is 148 Å². The number of methoxy groups -OCH3 is 1. The summed E-state index contributed by atoms with van der Waals surface area (Å²) in [5.74, 6) is 1.62. The van der Waals surface area contributed by atoms with Gasteiger partial charge < -0.3 is 14.5 Å². The van der Waals surface area contributed by atoms with Gasteiger partial charge in [0, 0.05) is 6.54 Å². The summed E-state index contributed by atoms with van der Waals surface area (Å²) in [6, 6.07) is 7.73. The van der Waals surface area contributed by atoms with Crippen LogP contribution in [0, 0.1) is 0 Å². The zero-order chi connectivity index (χ0) is 18.0. The number of rotatable bonds is 3. The largest absolute Gasteiger partial charge is 0.497 e. The molecule has 6 heteroatoms. The van der Waals surface area contributed by atoms with E-state index < -0.39 is 5.60 Å². The molecular formula is C19H25N3O3. The minimum atomic E-state index is -0.498. The van der Waals surface area contributed by atoms with Crippen LogP contribution in [0.5, 0.6) is 5.75 Å². The second-order valence-electron chi connectivity index (χ2n) is 7.24. The van der Waals surface area contributed by atoms with Crippen LogP contribution in [0.3, 0.4) is 0 Å². The van der Waals surface area contributed by atoms with Gasteiger partial charge in [-0.05, 0) is 63.4 Å². The second-order valence-corrected chi connectivity index (χ2v) is 7.24. The molecule has 2 heterocycles. The van der Waals surface area contributed by atoms with Crippen molar-refractivity contribution >= 4 is 6.09 Å². The lowest BCUT2D eigenvalue weighted by Gasteiger charge is -2.27. The number of carbonyl (C=O) groups is 1. The fourth-order valence-corrected chi connectivity index (χ4v) is 3.01. The molecule has 3 rings (SSSR count). The molecule has 1 fully saturated rings. The van der Waals surface area contributed by atoms with Crippen LogP contribution in [0.4, 0.5) is 4.79 Å². The Kier molecular flexibility index (Phi) is 4.70. The molecule has 6 nitrogen and oxygen atoms in total. The Balaban J connectivity index is 1.77. The first kappa shape index (κ1) is 17.3. The SMILES string of the molecule is COc1ccc(-c2cnc([C@@H]3CCCN3C(=O)OC(C)(C)C)[nH]2)cc1. The van der Waals surface area contributed by atoms with Crippen LogP contribution in [0.1, 0.15) is 45.5 Å². The van der Waals surface area contributed by atoms with Gasteiger partial charge in [0.2, 0.25) is 0 Å². The van der Waals surface area contributed by atoms with Gasteiger partial charge in [-0.1, -0.05) is 0 Å². The Morgan fingerprint density at radius 3 is 2.64 bits per heavy atom.